The van der Waals surface area contributed by atoms with E-state index in [-0.39, 0.29) is 18.2 Å². The van der Waals surface area contributed by atoms with Gasteiger partial charge in [0.15, 0.2) is 0 Å². The molecule has 0 saturated carbocycles. The van der Waals surface area contributed by atoms with Crippen molar-refractivity contribution in [2.45, 2.75) is 31.9 Å². The van der Waals surface area contributed by atoms with Gasteiger partial charge in [-0.3, -0.25) is 10.3 Å². The number of hydrogen-bond donors (Lipinski definition) is 2. The van der Waals surface area contributed by atoms with Crippen molar-refractivity contribution < 1.29 is 9.53 Å². The van der Waals surface area contributed by atoms with Gasteiger partial charge >= 0.3 is 6.03 Å². The largest absolute Gasteiger partial charge is 0.371 e. The highest BCUT2D eigenvalue weighted by molar-refractivity contribution is 5.88. The second-order valence-electron chi connectivity index (χ2n) is 5.64. The summed E-state index contributed by atoms with van der Waals surface area (Å²) in [5, 5.41) is 5.77. The van der Waals surface area contributed by atoms with Crippen molar-refractivity contribution in [3.8, 4) is 0 Å². The fraction of sp³-hybridized carbons (Fsp3) is 0.353. The van der Waals surface area contributed by atoms with E-state index >= 15 is 0 Å². The van der Waals surface area contributed by atoms with Crippen LogP contribution in [0.1, 0.15) is 30.1 Å². The second-order valence-corrected chi connectivity index (χ2v) is 5.64. The molecular weight excluding hydrogens is 292 g/mol. The predicted molar refractivity (Wildman–Crippen MR) is 87.1 cm³/mol. The number of urea groups is 1. The number of anilines is 1. The molecule has 0 unspecified atom stereocenters. The number of carbonyl (C=O) groups excluding carboxylic acids is 1. The van der Waals surface area contributed by atoms with E-state index in [0.717, 1.165) is 24.0 Å². The van der Waals surface area contributed by atoms with Gasteiger partial charge in [-0.2, -0.15) is 0 Å². The monoisotopic (exact) mass is 312 g/mol. The molecule has 1 saturated heterocycles. The first-order valence-corrected chi connectivity index (χ1v) is 7.74. The molecular formula is C17H20N4O2. The molecule has 0 aliphatic carbocycles. The molecule has 3 rings (SSSR count). The minimum atomic E-state index is -0.266. The molecule has 6 heteroatoms. The maximum Gasteiger partial charge on any atom is 0.320 e. The summed E-state index contributed by atoms with van der Waals surface area (Å²) < 4.78 is 5.86. The Morgan fingerprint density at radius 3 is 2.87 bits per heavy atom. The van der Waals surface area contributed by atoms with Gasteiger partial charge in [0.05, 0.1) is 6.04 Å². The molecule has 120 valence electrons. The van der Waals surface area contributed by atoms with Crippen LogP contribution in [0.3, 0.4) is 0 Å². The number of pyridine rings is 2. The van der Waals surface area contributed by atoms with Gasteiger partial charge in [0, 0.05) is 25.2 Å². The Morgan fingerprint density at radius 1 is 1.26 bits per heavy atom. The van der Waals surface area contributed by atoms with E-state index in [1.54, 1.807) is 18.6 Å². The highest BCUT2D eigenvalue weighted by atomic mass is 16.5. The van der Waals surface area contributed by atoms with E-state index in [1.165, 1.54) is 0 Å². The van der Waals surface area contributed by atoms with E-state index < -0.39 is 0 Å². The number of rotatable bonds is 3. The van der Waals surface area contributed by atoms with Crippen LogP contribution in [0.4, 0.5) is 10.6 Å². The zero-order valence-corrected chi connectivity index (χ0v) is 13.0. The summed E-state index contributed by atoms with van der Waals surface area (Å²) in [5.74, 6) is 0.541. The fourth-order valence-corrected chi connectivity index (χ4v) is 2.74. The normalized spacial score (nSPS) is 20.7. The predicted octanol–water partition coefficient (Wildman–Crippen LogP) is 2.83. The van der Waals surface area contributed by atoms with Crippen LogP contribution in [-0.4, -0.2) is 28.6 Å². The van der Waals surface area contributed by atoms with Crippen molar-refractivity contribution >= 4 is 11.8 Å². The third-order valence-corrected chi connectivity index (χ3v) is 3.83. The second kappa shape index (κ2) is 7.19. The van der Waals surface area contributed by atoms with Gasteiger partial charge in [0.25, 0.3) is 0 Å². The summed E-state index contributed by atoms with van der Waals surface area (Å²) in [6.07, 6.45) is 6.80. The quantitative estimate of drug-likeness (QED) is 0.913. The lowest BCUT2D eigenvalue weighted by Gasteiger charge is -2.32. The molecule has 2 N–H and O–H groups in total. The van der Waals surface area contributed by atoms with Gasteiger partial charge in [-0.25, -0.2) is 9.78 Å². The van der Waals surface area contributed by atoms with Gasteiger partial charge in [0.1, 0.15) is 11.9 Å². The lowest BCUT2D eigenvalue weighted by Crippen LogP contribution is -2.44. The van der Waals surface area contributed by atoms with E-state index in [0.29, 0.717) is 12.4 Å². The van der Waals surface area contributed by atoms with Gasteiger partial charge in [-0.1, -0.05) is 0 Å². The highest BCUT2D eigenvalue weighted by Crippen LogP contribution is 2.28. The maximum absolute atomic E-state index is 12.2. The summed E-state index contributed by atoms with van der Waals surface area (Å²) in [7, 11) is 0. The number of carbonyl (C=O) groups is 1. The first kappa shape index (κ1) is 15.4. The van der Waals surface area contributed by atoms with E-state index in [2.05, 4.69) is 20.6 Å². The Balaban J connectivity index is 1.66. The standard InChI is InChI=1S/C17H20N4O2/c1-12-4-9-19-15(11-12)21-17(22)20-14-3-2-10-23-16(14)13-5-7-18-8-6-13/h4-9,11,14,16H,2-3,10H2,1H3,(H2,19,20,21,22)/t14-,16+/m0/s1. The number of aromatic nitrogens is 2. The number of amides is 2. The van der Waals surface area contributed by atoms with Gasteiger partial charge in [0.2, 0.25) is 0 Å². The molecule has 6 nitrogen and oxygen atoms in total. The Kier molecular flexibility index (Phi) is 4.83. The summed E-state index contributed by atoms with van der Waals surface area (Å²) in [4.78, 5) is 20.4. The minimum Gasteiger partial charge on any atom is -0.371 e. The molecule has 2 aromatic heterocycles. The first-order valence-electron chi connectivity index (χ1n) is 7.74. The van der Waals surface area contributed by atoms with Crippen molar-refractivity contribution in [1.82, 2.24) is 15.3 Å². The lowest BCUT2D eigenvalue weighted by molar-refractivity contribution is -0.00701. The summed E-state index contributed by atoms with van der Waals surface area (Å²) in [5.41, 5.74) is 2.07. The number of aryl methyl sites for hydroxylation is 1. The third kappa shape index (κ3) is 4.04. The van der Waals surface area contributed by atoms with Gasteiger partial charge < -0.3 is 10.1 Å². The van der Waals surface area contributed by atoms with Gasteiger partial charge in [-0.05, 0) is 55.2 Å². The van der Waals surface area contributed by atoms with E-state index in [4.69, 9.17) is 4.74 Å². The topological polar surface area (TPSA) is 76.1 Å². The third-order valence-electron chi connectivity index (χ3n) is 3.83. The summed E-state index contributed by atoms with van der Waals surface area (Å²) >= 11 is 0. The van der Waals surface area contributed by atoms with E-state index in [9.17, 15) is 4.79 Å². The Labute approximate surface area is 135 Å². The number of hydrogen-bond acceptors (Lipinski definition) is 4. The number of nitrogens with one attached hydrogen (secondary N) is 2. The highest BCUT2D eigenvalue weighted by Gasteiger charge is 2.28. The smallest absolute Gasteiger partial charge is 0.320 e. The van der Waals surface area contributed by atoms with Crippen molar-refractivity contribution in [2.24, 2.45) is 0 Å². The molecule has 0 bridgehead atoms. The van der Waals surface area contributed by atoms with Crippen LogP contribution in [-0.2, 0) is 4.74 Å². The minimum absolute atomic E-state index is 0.0732. The number of ether oxygens (including phenoxy) is 1. The van der Waals surface area contributed by atoms with Gasteiger partial charge in [-0.15, -0.1) is 0 Å². The zero-order chi connectivity index (χ0) is 16.1. The average Bonchev–Trinajstić information content (AvgIpc) is 2.56. The van der Waals surface area contributed by atoms with Crippen LogP contribution in [0.25, 0.3) is 0 Å². The van der Waals surface area contributed by atoms with Crippen molar-refractivity contribution in [1.29, 1.82) is 0 Å². The molecule has 0 aromatic carbocycles. The Hall–Kier alpha value is -2.47. The van der Waals surface area contributed by atoms with Crippen molar-refractivity contribution in [3.63, 3.8) is 0 Å². The molecule has 0 radical (unpaired) electrons. The molecule has 1 fully saturated rings. The number of nitrogens with zero attached hydrogens (tertiary/aromatic N) is 2. The fourth-order valence-electron chi connectivity index (χ4n) is 2.74. The van der Waals surface area contributed by atoms with Crippen LogP contribution in [0, 0.1) is 6.92 Å². The molecule has 2 atom stereocenters. The lowest BCUT2D eigenvalue weighted by atomic mass is 9.97. The van der Waals surface area contributed by atoms with Crippen LogP contribution in [0.2, 0.25) is 0 Å². The average molecular weight is 312 g/mol. The van der Waals surface area contributed by atoms with Crippen LogP contribution < -0.4 is 10.6 Å². The molecule has 2 aromatic rings. The van der Waals surface area contributed by atoms with Crippen molar-refractivity contribution in [2.75, 3.05) is 11.9 Å². The van der Waals surface area contributed by atoms with E-state index in [1.807, 2.05) is 31.2 Å². The Bertz CT molecular complexity index is 663. The molecule has 23 heavy (non-hydrogen) atoms. The van der Waals surface area contributed by atoms with Crippen LogP contribution >= 0.6 is 0 Å². The summed E-state index contributed by atoms with van der Waals surface area (Å²) in [6, 6.07) is 7.22. The summed E-state index contributed by atoms with van der Waals surface area (Å²) in [6.45, 7) is 2.66. The molecule has 0 spiro atoms. The van der Waals surface area contributed by atoms with Crippen LogP contribution in [0.15, 0.2) is 42.9 Å². The Morgan fingerprint density at radius 2 is 2.09 bits per heavy atom. The maximum atomic E-state index is 12.2. The van der Waals surface area contributed by atoms with Crippen LogP contribution in [0.5, 0.6) is 0 Å². The zero-order valence-electron chi connectivity index (χ0n) is 13.0. The molecule has 1 aliphatic rings. The SMILES string of the molecule is Cc1ccnc(NC(=O)N[C@H]2CCCO[C@@H]2c2ccncc2)c1. The first-order chi connectivity index (χ1) is 11.2. The molecule has 3 heterocycles. The molecule has 2 amide bonds. The molecule has 1 aliphatic heterocycles. The van der Waals surface area contributed by atoms with Crippen molar-refractivity contribution in [3.05, 3.63) is 54.0 Å².